The number of pyridine rings is 1. The van der Waals surface area contributed by atoms with Gasteiger partial charge in [0.25, 0.3) is 11.1 Å². The number of rotatable bonds is 7. The van der Waals surface area contributed by atoms with Crippen molar-refractivity contribution in [2.75, 3.05) is 17.2 Å². The third-order valence-corrected chi connectivity index (χ3v) is 6.64. The number of fused-ring (bicyclic) bond motifs is 1. The number of carbonyl (C=O) groups is 1. The number of anilines is 3. The second-order valence-corrected chi connectivity index (χ2v) is 9.33. The number of para-hydroxylation sites is 1. The number of aromatic nitrogens is 3. The summed E-state index contributed by atoms with van der Waals surface area (Å²) in [5, 5.41) is 5.74. The molecule has 10 nitrogen and oxygen atoms in total. The highest BCUT2D eigenvalue weighted by Crippen LogP contribution is 2.34. The van der Waals surface area contributed by atoms with Gasteiger partial charge in [0.1, 0.15) is 17.0 Å². The van der Waals surface area contributed by atoms with E-state index in [1.807, 2.05) is 0 Å². The Bertz CT molecular complexity index is 1770. The molecule has 2 aromatic carbocycles. The van der Waals surface area contributed by atoms with E-state index in [4.69, 9.17) is 5.73 Å². The quantitative estimate of drug-likeness (QED) is 0.321. The van der Waals surface area contributed by atoms with Gasteiger partial charge in [-0.05, 0) is 50.1 Å². The minimum Gasteiger partial charge on any atom is -0.338 e. The number of benzene rings is 2. The molecule has 1 saturated carbocycles. The van der Waals surface area contributed by atoms with Gasteiger partial charge in [-0.1, -0.05) is 18.2 Å². The molecule has 4 N–H and O–H groups in total. The number of amides is 1. The van der Waals surface area contributed by atoms with Crippen molar-refractivity contribution in [2.24, 2.45) is 12.8 Å². The Kier molecular flexibility index (Phi) is 7.75. The van der Waals surface area contributed by atoms with Crippen LogP contribution in [0.3, 0.4) is 0 Å². The molecule has 0 bridgehead atoms. The molecule has 2 aromatic heterocycles. The topological polar surface area (TPSA) is 133 Å². The summed E-state index contributed by atoms with van der Waals surface area (Å²) in [6, 6.07) is 12.2. The maximum atomic E-state index is 14.6. The zero-order chi connectivity index (χ0) is 27.1. The van der Waals surface area contributed by atoms with Crippen LogP contribution >= 0.6 is 12.4 Å². The zero-order valence-corrected chi connectivity index (χ0v) is 22.2. The molecule has 1 aliphatic carbocycles. The lowest BCUT2D eigenvalue weighted by molar-refractivity contribution is -0.116. The summed E-state index contributed by atoms with van der Waals surface area (Å²) >= 11 is 0. The van der Waals surface area contributed by atoms with E-state index in [1.54, 1.807) is 37.3 Å². The summed E-state index contributed by atoms with van der Waals surface area (Å²) < 4.78 is 18.3. The summed E-state index contributed by atoms with van der Waals surface area (Å²) in [7, 11) is 1.49. The fraction of sp³-hybridized carbons (Fsp3) is 0.259. The number of nitrogens with zero attached hydrogens (tertiary/aromatic N) is 3. The molecular weight excluding hydrogens is 527 g/mol. The summed E-state index contributed by atoms with van der Waals surface area (Å²) in [5.74, 6) is -0.780. The molecule has 0 saturated heterocycles. The first-order valence-electron chi connectivity index (χ1n) is 12.3. The molecule has 4 aromatic rings. The van der Waals surface area contributed by atoms with Crippen LogP contribution in [0.5, 0.6) is 0 Å². The van der Waals surface area contributed by atoms with Crippen LogP contribution in [-0.2, 0) is 11.8 Å². The van der Waals surface area contributed by atoms with E-state index < -0.39 is 22.6 Å². The Morgan fingerprint density at radius 2 is 1.79 bits per heavy atom. The molecule has 12 heteroatoms. The molecule has 5 rings (SSSR count). The number of carbonyl (C=O) groups excluding carboxylic acids is 1. The average Bonchev–Trinajstić information content (AvgIpc) is 3.72. The van der Waals surface area contributed by atoms with E-state index >= 15 is 0 Å². The smallest absolute Gasteiger partial charge is 0.336 e. The van der Waals surface area contributed by atoms with Crippen molar-refractivity contribution in [3.05, 3.63) is 91.1 Å². The van der Waals surface area contributed by atoms with Crippen LogP contribution in [0.1, 0.15) is 30.9 Å². The third kappa shape index (κ3) is 4.98. The van der Waals surface area contributed by atoms with Crippen LogP contribution in [-0.4, -0.2) is 26.2 Å². The van der Waals surface area contributed by atoms with Crippen LogP contribution in [0.2, 0.25) is 0 Å². The Morgan fingerprint density at radius 3 is 2.46 bits per heavy atom. The van der Waals surface area contributed by atoms with Gasteiger partial charge in [-0.25, -0.2) is 9.18 Å². The van der Waals surface area contributed by atoms with Crippen molar-refractivity contribution in [3.8, 4) is 5.69 Å². The lowest BCUT2D eigenvalue weighted by Gasteiger charge is -2.21. The molecule has 0 radical (unpaired) electrons. The lowest BCUT2D eigenvalue weighted by Crippen LogP contribution is -2.41. The lowest BCUT2D eigenvalue weighted by atomic mass is 10.1. The van der Waals surface area contributed by atoms with E-state index in [9.17, 15) is 23.6 Å². The van der Waals surface area contributed by atoms with Crippen molar-refractivity contribution in [3.63, 3.8) is 0 Å². The molecule has 1 aliphatic rings. The molecule has 0 unspecified atom stereocenters. The average molecular weight is 555 g/mol. The number of hydrogen-bond acceptors (Lipinski definition) is 6. The predicted octanol–water partition coefficient (Wildman–Crippen LogP) is 3.09. The van der Waals surface area contributed by atoms with Crippen LogP contribution in [0.15, 0.2) is 62.9 Å². The van der Waals surface area contributed by atoms with Gasteiger partial charge in [0.2, 0.25) is 5.91 Å². The third-order valence-electron chi connectivity index (χ3n) is 6.64. The predicted molar refractivity (Wildman–Crippen MR) is 151 cm³/mol. The van der Waals surface area contributed by atoms with Crippen LogP contribution in [0.4, 0.5) is 21.6 Å². The highest BCUT2D eigenvalue weighted by atomic mass is 35.5. The highest BCUT2D eigenvalue weighted by Gasteiger charge is 2.31. The van der Waals surface area contributed by atoms with Crippen molar-refractivity contribution in [1.82, 2.24) is 13.7 Å². The first-order chi connectivity index (χ1) is 18.2. The zero-order valence-electron chi connectivity index (χ0n) is 21.4. The minimum atomic E-state index is -0.594. The summed E-state index contributed by atoms with van der Waals surface area (Å²) in [6.45, 7) is 1.73. The number of nitrogens with one attached hydrogen (secondary N) is 2. The van der Waals surface area contributed by atoms with Gasteiger partial charge in [0.15, 0.2) is 0 Å². The Balaban J connectivity index is 0.00000353. The maximum absolute atomic E-state index is 14.6. The fourth-order valence-corrected chi connectivity index (χ4v) is 4.62. The van der Waals surface area contributed by atoms with Gasteiger partial charge in [-0.15, -0.1) is 12.4 Å². The summed E-state index contributed by atoms with van der Waals surface area (Å²) in [4.78, 5) is 53.1. The summed E-state index contributed by atoms with van der Waals surface area (Å²) in [6.07, 6.45) is 1.45. The number of halogens is 2. The second-order valence-electron chi connectivity index (χ2n) is 9.33. The fourth-order valence-electron chi connectivity index (χ4n) is 4.62. The molecule has 0 atom stereocenters. The van der Waals surface area contributed by atoms with E-state index in [0.717, 1.165) is 0 Å². The molecule has 0 spiro atoms. The molecule has 2 heterocycles. The Morgan fingerprint density at radius 1 is 1.08 bits per heavy atom. The van der Waals surface area contributed by atoms with Gasteiger partial charge in [-0.2, -0.15) is 0 Å². The minimum absolute atomic E-state index is 0. The molecule has 0 aliphatic heterocycles. The molecule has 1 amide bonds. The normalized spacial score (nSPS) is 12.7. The molecule has 39 heavy (non-hydrogen) atoms. The van der Waals surface area contributed by atoms with Gasteiger partial charge in [-0.3, -0.25) is 28.1 Å². The molecular formula is C27H28ClFN6O4. The van der Waals surface area contributed by atoms with Gasteiger partial charge < -0.3 is 16.4 Å². The Hall–Kier alpha value is -4.22. The second kappa shape index (κ2) is 10.9. The van der Waals surface area contributed by atoms with E-state index in [-0.39, 0.29) is 65.3 Å². The van der Waals surface area contributed by atoms with Crippen LogP contribution in [0.25, 0.3) is 16.6 Å². The Labute approximate surface area is 228 Å². The number of aryl methyl sites for hydroxylation is 1. The van der Waals surface area contributed by atoms with E-state index in [1.165, 1.54) is 38.9 Å². The van der Waals surface area contributed by atoms with Gasteiger partial charge in [0, 0.05) is 37.3 Å². The molecule has 204 valence electrons. The maximum Gasteiger partial charge on any atom is 0.336 e. The number of hydrogen-bond donors (Lipinski definition) is 3. The largest absolute Gasteiger partial charge is 0.338 e. The van der Waals surface area contributed by atoms with Crippen LogP contribution in [0, 0.1) is 12.7 Å². The highest BCUT2D eigenvalue weighted by molar-refractivity contribution is 5.94. The van der Waals surface area contributed by atoms with Crippen LogP contribution < -0.4 is 33.2 Å². The van der Waals surface area contributed by atoms with Crippen molar-refractivity contribution < 1.29 is 9.18 Å². The van der Waals surface area contributed by atoms with Gasteiger partial charge >= 0.3 is 5.69 Å². The monoisotopic (exact) mass is 554 g/mol. The summed E-state index contributed by atoms with van der Waals surface area (Å²) in [5.41, 5.74) is 5.01. The first kappa shape index (κ1) is 27.8. The van der Waals surface area contributed by atoms with Crippen molar-refractivity contribution in [1.29, 1.82) is 0 Å². The van der Waals surface area contributed by atoms with Crippen molar-refractivity contribution in [2.45, 2.75) is 32.2 Å². The standard InChI is InChI=1S/C27H27FN6O4.ClH/c1-15-23-22(24(32(2)25(15)36)31-20-9-4-3-8-19(20)28)26(37)34(17-10-11-17)27(38)33(23)18-7-5-6-16(14-18)30-21(35)12-13-29;/h3-9,14,17,31H,10-13,29H2,1-2H3,(H,30,35);1H. The SMILES string of the molecule is Cc1c(=O)n(C)c(Nc2ccccc2F)c2c(=O)n(C3CC3)c(=O)n(-c3cccc(NC(=O)CCN)c3)c12.Cl. The van der Waals surface area contributed by atoms with Gasteiger partial charge in [0.05, 0.1) is 16.9 Å². The number of nitrogens with two attached hydrogens (primary N) is 1. The van der Waals surface area contributed by atoms with E-state index in [0.29, 0.717) is 24.2 Å². The van der Waals surface area contributed by atoms with E-state index in [2.05, 4.69) is 10.6 Å². The van der Waals surface area contributed by atoms with Crippen molar-refractivity contribution >= 4 is 46.4 Å². The first-order valence-corrected chi connectivity index (χ1v) is 12.3. The molecule has 1 fully saturated rings.